The molecule has 2 atom stereocenters. The number of likely N-dealkylation sites (tertiary alicyclic amines) is 1. The van der Waals surface area contributed by atoms with Gasteiger partial charge in [0.15, 0.2) is 0 Å². The summed E-state index contributed by atoms with van der Waals surface area (Å²) in [5.74, 6) is 0.512. The minimum Gasteiger partial charge on any atom is -0.340 e. The van der Waals surface area contributed by atoms with Crippen LogP contribution in [0.2, 0.25) is 0 Å². The maximum atomic E-state index is 12.8. The molecule has 4 nitrogen and oxygen atoms in total. The SMILES string of the molecule is CC(C)c1ccc(N2C[C@H](C(=O)N3CCCC[C@@H]3C)CC2=O)cc1. The summed E-state index contributed by atoms with van der Waals surface area (Å²) in [6.45, 7) is 7.79. The zero-order valence-corrected chi connectivity index (χ0v) is 15.0. The molecule has 2 heterocycles. The Morgan fingerprint density at radius 1 is 1.17 bits per heavy atom. The molecule has 0 bridgehead atoms. The van der Waals surface area contributed by atoms with Crippen LogP contribution in [0, 0.1) is 5.92 Å². The van der Waals surface area contributed by atoms with Crippen LogP contribution in [0.1, 0.15) is 57.9 Å². The molecule has 2 fully saturated rings. The van der Waals surface area contributed by atoms with E-state index in [0.29, 0.717) is 24.9 Å². The van der Waals surface area contributed by atoms with Crippen LogP contribution in [-0.2, 0) is 9.59 Å². The van der Waals surface area contributed by atoms with Crippen molar-refractivity contribution >= 4 is 17.5 Å². The first kappa shape index (κ1) is 17.0. The second kappa shape index (κ2) is 6.96. The molecule has 2 aliphatic heterocycles. The van der Waals surface area contributed by atoms with Gasteiger partial charge in [0.2, 0.25) is 11.8 Å². The van der Waals surface area contributed by atoms with Crippen molar-refractivity contribution in [3.8, 4) is 0 Å². The van der Waals surface area contributed by atoms with E-state index in [1.807, 2.05) is 17.0 Å². The normalized spacial score (nSPS) is 24.8. The maximum absolute atomic E-state index is 12.8. The van der Waals surface area contributed by atoms with E-state index in [0.717, 1.165) is 25.1 Å². The van der Waals surface area contributed by atoms with Crippen molar-refractivity contribution in [3.63, 3.8) is 0 Å². The molecule has 130 valence electrons. The van der Waals surface area contributed by atoms with Gasteiger partial charge in [-0.1, -0.05) is 26.0 Å². The molecule has 0 saturated carbocycles. The van der Waals surface area contributed by atoms with Crippen LogP contribution in [0.3, 0.4) is 0 Å². The van der Waals surface area contributed by atoms with E-state index in [-0.39, 0.29) is 17.7 Å². The van der Waals surface area contributed by atoms with Crippen molar-refractivity contribution in [1.29, 1.82) is 0 Å². The van der Waals surface area contributed by atoms with Gasteiger partial charge in [-0.2, -0.15) is 0 Å². The fourth-order valence-electron chi connectivity index (χ4n) is 3.82. The van der Waals surface area contributed by atoms with E-state index in [1.165, 1.54) is 12.0 Å². The monoisotopic (exact) mass is 328 g/mol. The van der Waals surface area contributed by atoms with Crippen LogP contribution in [0.4, 0.5) is 5.69 Å². The lowest BCUT2D eigenvalue weighted by Crippen LogP contribution is -2.45. The highest BCUT2D eigenvalue weighted by Gasteiger charge is 2.38. The van der Waals surface area contributed by atoms with Crippen molar-refractivity contribution in [2.24, 2.45) is 5.92 Å². The summed E-state index contributed by atoms with van der Waals surface area (Å²) >= 11 is 0. The molecule has 0 aliphatic carbocycles. The molecule has 3 rings (SSSR count). The van der Waals surface area contributed by atoms with Crippen LogP contribution >= 0.6 is 0 Å². The number of anilines is 1. The first-order valence-electron chi connectivity index (χ1n) is 9.18. The van der Waals surface area contributed by atoms with Crippen LogP contribution in [0.15, 0.2) is 24.3 Å². The van der Waals surface area contributed by atoms with Gasteiger partial charge in [0, 0.05) is 31.2 Å². The van der Waals surface area contributed by atoms with Gasteiger partial charge in [0.1, 0.15) is 0 Å². The maximum Gasteiger partial charge on any atom is 0.228 e. The summed E-state index contributed by atoms with van der Waals surface area (Å²) in [6.07, 6.45) is 3.70. The summed E-state index contributed by atoms with van der Waals surface area (Å²) in [7, 11) is 0. The average molecular weight is 328 g/mol. The quantitative estimate of drug-likeness (QED) is 0.851. The molecule has 4 heteroatoms. The number of piperidine rings is 1. The fraction of sp³-hybridized carbons (Fsp3) is 0.600. The number of hydrogen-bond donors (Lipinski definition) is 0. The molecule has 0 aromatic heterocycles. The summed E-state index contributed by atoms with van der Waals surface area (Å²) in [5.41, 5.74) is 2.17. The van der Waals surface area contributed by atoms with Gasteiger partial charge >= 0.3 is 0 Å². The number of benzene rings is 1. The zero-order valence-electron chi connectivity index (χ0n) is 15.0. The molecule has 2 aliphatic rings. The van der Waals surface area contributed by atoms with Crippen LogP contribution in [0.25, 0.3) is 0 Å². The van der Waals surface area contributed by atoms with E-state index in [2.05, 4.69) is 32.9 Å². The first-order chi connectivity index (χ1) is 11.5. The molecule has 0 N–H and O–H groups in total. The molecule has 24 heavy (non-hydrogen) atoms. The summed E-state index contributed by atoms with van der Waals surface area (Å²) < 4.78 is 0. The molecule has 0 unspecified atom stereocenters. The van der Waals surface area contributed by atoms with Crippen molar-refractivity contribution < 1.29 is 9.59 Å². The van der Waals surface area contributed by atoms with E-state index >= 15 is 0 Å². The third-order valence-electron chi connectivity index (χ3n) is 5.43. The van der Waals surface area contributed by atoms with Crippen molar-refractivity contribution in [2.75, 3.05) is 18.0 Å². The van der Waals surface area contributed by atoms with Crippen molar-refractivity contribution in [3.05, 3.63) is 29.8 Å². The van der Waals surface area contributed by atoms with Gasteiger partial charge in [-0.25, -0.2) is 0 Å². The lowest BCUT2D eigenvalue weighted by Gasteiger charge is -2.35. The van der Waals surface area contributed by atoms with Gasteiger partial charge in [-0.15, -0.1) is 0 Å². The number of hydrogen-bond acceptors (Lipinski definition) is 2. The molecule has 1 aromatic rings. The predicted octanol–water partition coefficient (Wildman–Crippen LogP) is 3.56. The fourth-order valence-corrected chi connectivity index (χ4v) is 3.82. The van der Waals surface area contributed by atoms with Crippen molar-refractivity contribution in [2.45, 2.75) is 58.4 Å². The van der Waals surface area contributed by atoms with Gasteiger partial charge in [-0.05, 0) is 49.8 Å². The molecule has 1 aromatic carbocycles. The van der Waals surface area contributed by atoms with E-state index < -0.39 is 0 Å². The van der Waals surface area contributed by atoms with E-state index in [4.69, 9.17) is 0 Å². The minimum atomic E-state index is -0.192. The lowest BCUT2D eigenvalue weighted by atomic mass is 9.99. The zero-order chi connectivity index (χ0) is 17.3. The highest BCUT2D eigenvalue weighted by atomic mass is 16.2. The Labute approximate surface area is 144 Å². The summed E-state index contributed by atoms with van der Waals surface area (Å²) in [4.78, 5) is 29.0. The van der Waals surface area contributed by atoms with E-state index in [9.17, 15) is 9.59 Å². The van der Waals surface area contributed by atoms with Gasteiger partial charge in [0.25, 0.3) is 0 Å². The smallest absolute Gasteiger partial charge is 0.228 e. The lowest BCUT2D eigenvalue weighted by molar-refractivity contribution is -0.139. The molecular weight excluding hydrogens is 300 g/mol. The molecular formula is C20H28N2O2. The Morgan fingerprint density at radius 3 is 2.50 bits per heavy atom. The molecule has 0 radical (unpaired) electrons. The average Bonchev–Trinajstić information content (AvgIpc) is 2.96. The van der Waals surface area contributed by atoms with Gasteiger partial charge in [-0.3, -0.25) is 9.59 Å². The number of carbonyl (C=O) groups is 2. The summed E-state index contributed by atoms with van der Waals surface area (Å²) in [5, 5.41) is 0. The summed E-state index contributed by atoms with van der Waals surface area (Å²) in [6, 6.07) is 8.47. The molecule has 0 spiro atoms. The Hall–Kier alpha value is -1.84. The van der Waals surface area contributed by atoms with Gasteiger partial charge in [0.05, 0.1) is 5.92 Å². The predicted molar refractivity (Wildman–Crippen MR) is 96.0 cm³/mol. The minimum absolute atomic E-state index is 0.0651. The first-order valence-corrected chi connectivity index (χ1v) is 9.18. The Balaban J connectivity index is 1.70. The number of rotatable bonds is 3. The second-order valence-corrected chi connectivity index (χ2v) is 7.53. The van der Waals surface area contributed by atoms with Crippen molar-refractivity contribution in [1.82, 2.24) is 4.90 Å². The Bertz CT molecular complexity index is 609. The van der Waals surface area contributed by atoms with Gasteiger partial charge < -0.3 is 9.80 Å². The van der Waals surface area contributed by atoms with Crippen LogP contribution in [-0.4, -0.2) is 35.8 Å². The van der Waals surface area contributed by atoms with Crippen LogP contribution < -0.4 is 4.90 Å². The Kier molecular flexibility index (Phi) is 4.93. The highest BCUT2D eigenvalue weighted by Crippen LogP contribution is 2.29. The Morgan fingerprint density at radius 2 is 1.88 bits per heavy atom. The largest absolute Gasteiger partial charge is 0.340 e. The third-order valence-corrected chi connectivity index (χ3v) is 5.43. The number of amides is 2. The second-order valence-electron chi connectivity index (χ2n) is 7.53. The topological polar surface area (TPSA) is 40.6 Å². The number of nitrogens with zero attached hydrogens (tertiary/aromatic N) is 2. The highest BCUT2D eigenvalue weighted by molar-refractivity contribution is 6.00. The molecule has 2 amide bonds. The molecule has 2 saturated heterocycles. The van der Waals surface area contributed by atoms with E-state index in [1.54, 1.807) is 4.90 Å². The van der Waals surface area contributed by atoms with Crippen LogP contribution in [0.5, 0.6) is 0 Å². The third kappa shape index (κ3) is 3.33. The number of carbonyl (C=O) groups excluding carboxylic acids is 2. The standard InChI is InChI=1S/C20H28N2O2/c1-14(2)16-7-9-18(10-8-16)22-13-17(12-19(22)23)20(24)21-11-5-4-6-15(21)3/h7-10,14-15,17H,4-6,11-13H2,1-3H3/t15-,17+/m0/s1.